The first-order valence-electron chi connectivity index (χ1n) is 10.3. The van der Waals surface area contributed by atoms with Crippen LogP contribution in [-0.4, -0.2) is 60.3 Å². The largest absolute Gasteiger partial charge is 0.488 e. The Balaban J connectivity index is 1.36. The van der Waals surface area contributed by atoms with Gasteiger partial charge in [-0.2, -0.15) is 16.9 Å². The molecule has 4 aromatic rings. The highest BCUT2D eigenvalue weighted by Crippen LogP contribution is 2.34. The highest BCUT2D eigenvalue weighted by molar-refractivity contribution is 7.99. The number of anilines is 1. The van der Waals surface area contributed by atoms with Gasteiger partial charge in [-0.05, 0) is 24.5 Å². The van der Waals surface area contributed by atoms with E-state index in [2.05, 4.69) is 38.6 Å². The van der Waals surface area contributed by atoms with Gasteiger partial charge in [0.2, 0.25) is 0 Å². The van der Waals surface area contributed by atoms with E-state index in [-0.39, 0.29) is 12.4 Å². The minimum absolute atomic E-state index is 0.147. The Morgan fingerprint density at radius 3 is 2.75 bits per heavy atom. The van der Waals surface area contributed by atoms with Crippen LogP contribution in [0.4, 0.5) is 10.1 Å². The molecule has 3 heterocycles. The van der Waals surface area contributed by atoms with Gasteiger partial charge in [0, 0.05) is 54.2 Å². The van der Waals surface area contributed by atoms with Crippen molar-refractivity contribution in [2.75, 3.05) is 44.6 Å². The van der Waals surface area contributed by atoms with Gasteiger partial charge in [-0.3, -0.25) is 5.10 Å². The van der Waals surface area contributed by atoms with Crippen LogP contribution in [-0.2, 0) is 4.74 Å². The second-order valence-corrected chi connectivity index (χ2v) is 8.77. The summed E-state index contributed by atoms with van der Waals surface area (Å²) in [5, 5.41) is 12.7. The van der Waals surface area contributed by atoms with E-state index in [1.54, 1.807) is 13.2 Å². The van der Waals surface area contributed by atoms with Crippen LogP contribution in [0.3, 0.4) is 0 Å². The third-order valence-electron chi connectivity index (χ3n) is 5.61. The molecule has 32 heavy (non-hydrogen) atoms. The van der Waals surface area contributed by atoms with Crippen LogP contribution >= 0.6 is 11.8 Å². The lowest BCUT2D eigenvalue weighted by atomic mass is 10.1. The third-order valence-corrected chi connectivity index (χ3v) is 6.58. The molecule has 0 amide bonds. The number of nitrogens with one attached hydrogen (secondary N) is 1. The van der Waals surface area contributed by atoms with Crippen molar-refractivity contribution in [3.05, 3.63) is 48.3 Å². The number of halogens is 1. The smallest absolute Gasteiger partial charge is 0.188 e. The van der Waals surface area contributed by atoms with E-state index < -0.39 is 5.82 Å². The van der Waals surface area contributed by atoms with Crippen LogP contribution in [0.15, 0.2) is 47.0 Å². The van der Waals surface area contributed by atoms with Gasteiger partial charge in [0.1, 0.15) is 18.0 Å². The molecule has 0 spiro atoms. The maximum Gasteiger partial charge on any atom is 0.188 e. The molecular formula is C23H23FN4O3S. The number of hydrogen-bond donors (Lipinski definition) is 1. The van der Waals surface area contributed by atoms with Crippen molar-refractivity contribution < 1.29 is 18.4 Å². The van der Waals surface area contributed by atoms with Crippen LogP contribution in [0, 0.1) is 5.82 Å². The number of ether oxygens (including phenoxy) is 2. The molecule has 0 radical (unpaired) electrons. The molecule has 0 atom stereocenters. The van der Waals surface area contributed by atoms with Crippen molar-refractivity contribution in [1.29, 1.82) is 0 Å². The number of benzene rings is 2. The standard InChI is InChI=1S/C23H23FN4O3S/c1-29-7-8-30-21-11-20-17(9-18(21)24)23(26-25-20)22-10-19(27-31-22)14-3-5-15(6-4-14)28-12-16(13-28)32-2/h3-6,9-11,16H,7-8,12-13H2,1-2H3,(H,25,26). The molecule has 1 aliphatic heterocycles. The zero-order valence-electron chi connectivity index (χ0n) is 17.8. The van der Waals surface area contributed by atoms with Crippen molar-refractivity contribution in [2.45, 2.75) is 5.25 Å². The number of nitrogens with zero attached hydrogens (tertiary/aromatic N) is 3. The van der Waals surface area contributed by atoms with Crippen molar-refractivity contribution >= 4 is 28.4 Å². The van der Waals surface area contributed by atoms with E-state index in [9.17, 15) is 4.39 Å². The maximum absolute atomic E-state index is 14.5. The first-order valence-corrected chi connectivity index (χ1v) is 11.6. The zero-order chi connectivity index (χ0) is 22.1. The Morgan fingerprint density at radius 1 is 1.19 bits per heavy atom. The molecule has 5 rings (SSSR count). The lowest BCUT2D eigenvalue weighted by Gasteiger charge is -2.40. The zero-order valence-corrected chi connectivity index (χ0v) is 18.6. The van der Waals surface area contributed by atoms with E-state index in [4.69, 9.17) is 14.0 Å². The number of aromatic amines is 1. The van der Waals surface area contributed by atoms with Crippen LogP contribution < -0.4 is 9.64 Å². The lowest BCUT2D eigenvalue weighted by molar-refractivity contribution is 0.144. The molecule has 1 aliphatic rings. The first-order chi connectivity index (χ1) is 15.7. The summed E-state index contributed by atoms with van der Waals surface area (Å²) in [6, 6.07) is 13.1. The van der Waals surface area contributed by atoms with Gasteiger partial charge in [0.15, 0.2) is 17.3 Å². The molecular weight excluding hydrogens is 431 g/mol. The number of thioether (sulfide) groups is 1. The molecule has 9 heteroatoms. The van der Waals surface area contributed by atoms with E-state index in [0.717, 1.165) is 18.7 Å². The van der Waals surface area contributed by atoms with Gasteiger partial charge >= 0.3 is 0 Å². The van der Waals surface area contributed by atoms with Crippen LogP contribution in [0.25, 0.3) is 33.6 Å². The summed E-state index contributed by atoms with van der Waals surface area (Å²) in [6.45, 7) is 2.80. The summed E-state index contributed by atoms with van der Waals surface area (Å²) >= 11 is 1.91. The number of rotatable bonds is 8. The average molecular weight is 455 g/mol. The van der Waals surface area contributed by atoms with Crippen molar-refractivity contribution in [3.63, 3.8) is 0 Å². The normalized spacial score (nSPS) is 14.2. The van der Waals surface area contributed by atoms with Crippen LogP contribution in [0.2, 0.25) is 0 Å². The van der Waals surface area contributed by atoms with Crippen LogP contribution in [0.5, 0.6) is 5.75 Å². The molecule has 1 fully saturated rings. The average Bonchev–Trinajstić information content (AvgIpc) is 3.41. The quantitative estimate of drug-likeness (QED) is 0.390. The number of fused-ring (bicyclic) bond motifs is 1. The first kappa shape index (κ1) is 20.8. The van der Waals surface area contributed by atoms with Crippen LogP contribution in [0.1, 0.15) is 0 Å². The van der Waals surface area contributed by atoms with E-state index >= 15 is 0 Å². The lowest BCUT2D eigenvalue weighted by Crippen LogP contribution is -2.48. The summed E-state index contributed by atoms with van der Waals surface area (Å²) in [6.07, 6.45) is 2.15. The third kappa shape index (κ3) is 3.93. The summed E-state index contributed by atoms with van der Waals surface area (Å²) in [5.41, 5.74) is 4.01. The van der Waals surface area contributed by atoms with Gasteiger partial charge in [0.05, 0.1) is 12.1 Å². The molecule has 1 N–H and O–H groups in total. The highest BCUT2D eigenvalue weighted by atomic mass is 32.2. The molecule has 0 aliphatic carbocycles. The number of H-pyrrole nitrogens is 1. The molecule has 0 bridgehead atoms. The van der Waals surface area contributed by atoms with Crippen molar-refractivity contribution in [1.82, 2.24) is 15.4 Å². The second-order valence-electron chi connectivity index (χ2n) is 7.63. The number of hydrogen-bond acceptors (Lipinski definition) is 7. The predicted molar refractivity (Wildman–Crippen MR) is 124 cm³/mol. The molecule has 0 unspecified atom stereocenters. The Kier molecular flexibility index (Phi) is 5.75. The second kappa shape index (κ2) is 8.84. The fourth-order valence-corrected chi connectivity index (χ4v) is 4.37. The summed E-state index contributed by atoms with van der Waals surface area (Å²) in [5.74, 6) is 0.142. The SMILES string of the molecule is COCCOc1cc2[nH]nc(-c3cc(-c4ccc(N5CC(SC)C5)cc4)no3)c2cc1F. The fraction of sp³-hybridized carbons (Fsp3) is 0.304. The fourth-order valence-electron chi connectivity index (χ4n) is 3.72. The Bertz CT molecular complexity index is 1220. The van der Waals surface area contributed by atoms with Gasteiger partial charge in [-0.25, -0.2) is 4.39 Å². The molecule has 1 saturated heterocycles. The van der Waals surface area contributed by atoms with E-state index in [1.165, 1.54) is 11.8 Å². The summed E-state index contributed by atoms with van der Waals surface area (Å²) < 4.78 is 30.4. The minimum atomic E-state index is -0.471. The molecule has 2 aromatic carbocycles. The van der Waals surface area contributed by atoms with Crippen molar-refractivity contribution in [3.8, 4) is 28.5 Å². The maximum atomic E-state index is 14.5. The number of methoxy groups -OCH3 is 1. The molecule has 7 nitrogen and oxygen atoms in total. The molecule has 0 saturated carbocycles. The Hall–Kier alpha value is -3.04. The van der Waals surface area contributed by atoms with Crippen molar-refractivity contribution in [2.24, 2.45) is 0 Å². The van der Waals surface area contributed by atoms with Gasteiger partial charge in [0.25, 0.3) is 0 Å². The highest BCUT2D eigenvalue weighted by Gasteiger charge is 2.25. The monoisotopic (exact) mass is 454 g/mol. The molecule has 2 aromatic heterocycles. The topological polar surface area (TPSA) is 76.4 Å². The van der Waals surface area contributed by atoms with E-state index in [0.29, 0.717) is 39.9 Å². The Morgan fingerprint density at radius 2 is 2.00 bits per heavy atom. The van der Waals surface area contributed by atoms with Gasteiger partial charge in [-0.1, -0.05) is 17.3 Å². The Labute approximate surface area is 188 Å². The summed E-state index contributed by atoms with van der Waals surface area (Å²) in [7, 11) is 1.57. The minimum Gasteiger partial charge on any atom is -0.488 e. The summed E-state index contributed by atoms with van der Waals surface area (Å²) in [4.78, 5) is 2.36. The van der Waals surface area contributed by atoms with E-state index in [1.807, 2.05) is 30.0 Å². The molecule has 166 valence electrons. The predicted octanol–water partition coefficient (Wildman–Crippen LogP) is 4.60. The van der Waals surface area contributed by atoms with Gasteiger partial charge in [-0.15, -0.1) is 0 Å². The van der Waals surface area contributed by atoms with Gasteiger partial charge < -0.3 is 18.9 Å². The number of aromatic nitrogens is 3.